The number of hydrogen-bond donors (Lipinski definition) is 1. The van der Waals surface area contributed by atoms with Gasteiger partial charge in [-0.2, -0.15) is 5.54 Å². The highest BCUT2D eigenvalue weighted by Gasteiger charge is 1.77. The fourth-order valence-corrected chi connectivity index (χ4v) is 0.560. The minimum atomic E-state index is -0.662. The van der Waals surface area contributed by atoms with Gasteiger partial charge in [0.05, 0.1) is 0 Å². The molecule has 0 unspecified atom stereocenters. The number of halogens is 2. The van der Waals surface area contributed by atoms with Gasteiger partial charge in [-0.1, -0.05) is 29.8 Å². The molecule has 0 aliphatic carbocycles. The summed E-state index contributed by atoms with van der Waals surface area (Å²) in [5.74, 6) is -0.662. The zero-order valence-corrected chi connectivity index (χ0v) is 7.31. The van der Waals surface area contributed by atoms with Gasteiger partial charge in [0, 0.05) is 11.9 Å². The van der Waals surface area contributed by atoms with E-state index >= 15 is 0 Å². The topological polar surface area (TPSA) is 29.1 Å². The Morgan fingerprint density at radius 1 is 1.42 bits per heavy atom. The maximum Gasteiger partial charge on any atom is 0.244 e. The second-order valence-corrected chi connectivity index (χ2v) is 2.38. The summed E-state index contributed by atoms with van der Waals surface area (Å²) in [4.78, 5) is 9.33. The molecule has 1 aromatic rings. The third-order valence-corrected chi connectivity index (χ3v) is 1.12. The van der Waals surface area contributed by atoms with Gasteiger partial charge in [0.15, 0.2) is 0 Å². The minimum Gasteiger partial charge on any atom is -0.273 e. The molecule has 4 heteroatoms. The molecule has 0 aromatic heterocycles. The van der Waals surface area contributed by atoms with E-state index in [0.29, 0.717) is 0 Å². The molecule has 0 aliphatic heterocycles. The fourth-order valence-electron chi connectivity index (χ4n) is 0.415. The van der Waals surface area contributed by atoms with E-state index in [0.717, 1.165) is 17.5 Å². The summed E-state index contributed by atoms with van der Waals surface area (Å²) >= 11 is 5.54. The Morgan fingerprint density at radius 2 is 1.83 bits per heavy atom. The molecular weight excluding hydrogens is 181 g/mol. The summed E-state index contributed by atoms with van der Waals surface area (Å²) in [5, 5.41) is 0.794. The molecule has 0 spiro atoms. The molecule has 0 heterocycles. The van der Waals surface area contributed by atoms with Crippen LogP contribution in [0.2, 0.25) is 5.02 Å². The molecule has 0 atom stereocenters. The van der Waals surface area contributed by atoms with Crippen molar-refractivity contribution in [3.63, 3.8) is 0 Å². The molecule has 2 nitrogen and oxygen atoms in total. The van der Waals surface area contributed by atoms with Crippen LogP contribution in [0, 0.1) is 0 Å². The summed E-state index contributed by atoms with van der Waals surface area (Å²) in [5.41, 5.74) is 0.889. The van der Waals surface area contributed by atoms with E-state index in [1.54, 1.807) is 0 Å². The lowest BCUT2D eigenvalue weighted by atomic mass is 10.4. The SMILES string of the molecule is CC(=O)NF.Clc1ccccc1. The molecule has 12 heavy (non-hydrogen) atoms. The molecular formula is C8H9ClFNO. The number of benzene rings is 1. The largest absolute Gasteiger partial charge is 0.273 e. The number of carbonyl (C=O) groups is 1. The highest BCUT2D eigenvalue weighted by molar-refractivity contribution is 6.30. The number of hydrogen-bond acceptors (Lipinski definition) is 1. The minimum absolute atomic E-state index is 0.662. The Kier molecular flexibility index (Phi) is 6.01. The van der Waals surface area contributed by atoms with Crippen molar-refractivity contribution >= 4 is 17.5 Å². The third kappa shape index (κ3) is 7.02. The Morgan fingerprint density at radius 3 is 2.00 bits per heavy atom. The third-order valence-electron chi connectivity index (χ3n) is 0.866. The van der Waals surface area contributed by atoms with Crippen molar-refractivity contribution in [2.24, 2.45) is 0 Å². The molecule has 1 N–H and O–H groups in total. The number of nitrogens with one attached hydrogen (secondary N) is 1. The van der Waals surface area contributed by atoms with Crippen LogP contribution >= 0.6 is 11.6 Å². The Hall–Kier alpha value is -1.09. The van der Waals surface area contributed by atoms with Crippen molar-refractivity contribution in [1.29, 1.82) is 0 Å². The van der Waals surface area contributed by atoms with E-state index in [1.165, 1.54) is 0 Å². The van der Waals surface area contributed by atoms with E-state index in [1.807, 2.05) is 30.3 Å². The van der Waals surface area contributed by atoms with Crippen LogP contribution in [0.4, 0.5) is 4.48 Å². The van der Waals surface area contributed by atoms with Gasteiger partial charge < -0.3 is 0 Å². The Bertz CT molecular complexity index is 228. The number of rotatable bonds is 0. The highest BCUT2D eigenvalue weighted by atomic mass is 35.5. The van der Waals surface area contributed by atoms with Crippen LogP contribution in [-0.2, 0) is 4.79 Å². The van der Waals surface area contributed by atoms with E-state index < -0.39 is 5.91 Å². The van der Waals surface area contributed by atoms with Crippen molar-refractivity contribution in [3.8, 4) is 0 Å². The molecule has 0 bridgehead atoms. The Labute approximate surface area is 75.3 Å². The lowest BCUT2D eigenvalue weighted by Crippen LogP contribution is -2.06. The van der Waals surface area contributed by atoms with Crippen LogP contribution in [0.15, 0.2) is 30.3 Å². The van der Waals surface area contributed by atoms with Crippen molar-refractivity contribution in [2.45, 2.75) is 6.92 Å². The Balaban J connectivity index is 0.000000217. The quantitative estimate of drug-likeness (QED) is 0.624. The van der Waals surface area contributed by atoms with E-state index in [4.69, 9.17) is 11.6 Å². The molecule has 1 aromatic carbocycles. The van der Waals surface area contributed by atoms with Crippen LogP contribution in [0.3, 0.4) is 0 Å². The molecule has 0 saturated heterocycles. The lowest BCUT2D eigenvalue weighted by Gasteiger charge is -1.80. The van der Waals surface area contributed by atoms with Crippen LogP contribution in [0.5, 0.6) is 0 Å². The van der Waals surface area contributed by atoms with Gasteiger partial charge in [-0.05, 0) is 12.1 Å². The van der Waals surface area contributed by atoms with Crippen LogP contribution < -0.4 is 5.54 Å². The number of amides is 1. The van der Waals surface area contributed by atoms with Crippen molar-refractivity contribution in [2.75, 3.05) is 0 Å². The predicted molar refractivity (Wildman–Crippen MR) is 46.4 cm³/mol. The maximum atomic E-state index is 10.5. The van der Waals surface area contributed by atoms with Crippen molar-refractivity contribution < 1.29 is 9.28 Å². The van der Waals surface area contributed by atoms with E-state index in [2.05, 4.69) is 0 Å². The van der Waals surface area contributed by atoms with Crippen LogP contribution in [0.1, 0.15) is 6.92 Å². The summed E-state index contributed by atoms with van der Waals surface area (Å²) < 4.78 is 10.5. The van der Waals surface area contributed by atoms with Gasteiger partial charge in [-0.15, -0.1) is 4.48 Å². The molecule has 1 rings (SSSR count). The first-order chi connectivity index (χ1) is 5.66. The summed E-state index contributed by atoms with van der Waals surface area (Å²) in [6.45, 7) is 1.10. The average molecular weight is 190 g/mol. The van der Waals surface area contributed by atoms with E-state index in [9.17, 15) is 9.28 Å². The summed E-state index contributed by atoms with van der Waals surface area (Å²) in [6, 6.07) is 9.44. The predicted octanol–water partition coefficient (Wildman–Crippen LogP) is 2.35. The van der Waals surface area contributed by atoms with Gasteiger partial charge in [-0.25, -0.2) is 0 Å². The average Bonchev–Trinajstić information content (AvgIpc) is 2.07. The zero-order valence-electron chi connectivity index (χ0n) is 6.55. The smallest absolute Gasteiger partial charge is 0.244 e. The van der Waals surface area contributed by atoms with Gasteiger partial charge in [0.1, 0.15) is 0 Å². The van der Waals surface area contributed by atoms with Gasteiger partial charge in [0.25, 0.3) is 0 Å². The van der Waals surface area contributed by atoms with Crippen LogP contribution in [-0.4, -0.2) is 5.91 Å². The van der Waals surface area contributed by atoms with Gasteiger partial charge in [-0.3, -0.25) is 4.79 Å². The van der Waals surface area contributed by atoms with Crippen LogP contribution in [0.25, 0.3) is 0 Å². The van der Waals surface area contributed by atoms with Crippen molar-refractivity contribution in [3.05, 3.63) is 35.4 Å². The lowest BCUT2D eigenvalue weighted by molar-refractivity contribution is -0.123. The van der Waals surface area contributed by atoms with Crippen molar-refractivity contribution in [1.82, 2.24) is 5.54 Å². The standard InChI is InChI=1S/C6H5Cl.C2H4FNO/c7-6-4-2-1-3-5-6;1-2(5)4-3/h1-5H;1H3,(H,4,5). The first-order valence-electron chi connectivity index (χ1n) is 3.24. The van der Waals surface area contributed by atoms with Gasteiger partial charge >= 0.3 is 0 Å². The molecule has 0 saturated carbocycles. The molecule has 0 radical (unpaired) electrons. The number of carbonyl (C=O) groups excluding carboxylic acids is 1. The first-order valence-corrected chi connectivity index (χ1v) is 3.62. The summed E-state index contributed by atoms with van der Waals surface area (Å²) in [6.07, 6.45) is 0. The van der Waals surface area contributed by atoms with E-state index in [-0.39, 0.29) is 0 Å². The maximum absolute atomic E-state index is 10.5. The summed E-state index contributed by atoms with van der Waals surface area (Å²) in [7, 11) is 0. The second-order valence-electron chi connectivity index (χ2n) is 1.95. The second kappa shape index (κ2) is 6.61. The normalized spacial score (nSPS) is 7.92. The molecule has 1 amide bonds. The van der Waals surface area contributed by atoms with Gasteiger partial charge in [0.2, 0.25) is 5.91 Å². The molecule has 0 aliphatic rings. The zero-order chi connectivity index (χ0) is 9.40. The fraction of sp³-hybridized carbons (Fsp3) is 0.125. The molecule has 0 fully saturated rings. The first kappa shape index (κ1) is 10.9. The monoisotopic (exact) mass is 189 g/mol. The molecule has 66 valence electrons. The highest BCUT2D eigenvalue weighted by Crippen LogP contribution is 2.03.